The van der Waals surface area contributed by atoms with Crippen LogP contribution in [0.4, 0.5) is 0 Å². The van der Waals surface area contributed by atoms with Crippen molar-refractivity contribution in [1.29, 1.82) is 0 Å². The fraction of sp³-hybridized carbons (Fsp3) is 0.375. The lowest BCUT2D eigenvalue weighted by molar-refractivity contribution is 0.282. The van der Waals surface area contributed by atoms with E-state index in [-0.39, 0.29) is 12.6 Å². The van der Waals surface area contributed by atoms with Gasteiger partial charge in [-0.1, -0.05) is 37.6 Å². The Morgan fingerprint density at radius 2 is 1.84 bits per heavy atom. The second-order valence-electron chi connectivity index (χ2n) is 4.99. The monoisotopic (exact) mass is 258 g/mol. The lowest BCUT2D eigenvalue weighted by Gasteiger charge is -2.08. The highest BCUT2D eigenvalue weighted by Crippen LogP contribution is 2.16. The third-order valence-electron chi connectivity index (χ3n) is 3.37. The number of nitrogens with zero attached hydrogens (tertiary/aromatic N) is 1. The van der Waals surface area contributed by atoms with Crippen LogP contribution in [0, 0.1) is 0 Å². The lowest BCUT2D eigenvalue weighted by atomic mass is 10.1. The molecule has 0 amide bonds. The summed E-state index contributed by atoms with van der Waals surface area (Å²) in [6.07, 6.45) is 6.33. The van der Waals surface area contributed by atoms with Gasteiger partial charge in [-0.15, -0.1) is 0 Å². The van der Waals surface area contributed by atoms with E-state index in [2.05, 4.69) is 42.1 Å². The molecule has 0 spiro atoms. The van der Waals surface area contributed by atoms with Crippen molar-refractivity contribution in [3.63, 3.8) is 0 Å². The van der Waals surface area contributed by atoms with Crippen LogP contribution in [-0.4, -0.2) is 9.67 Å². The minimum absolute atomic E-state index is 0.0970. The van der Waals surface area contributed by atoms with Gasteiger partial charge < -0.3 is 15.4 Å². The molecule has 1 heterocycles. The van der Waals surface area contributed by atoms with Crippen molar-refractivity contribution in [1.82, 2.24) is 4.57 Å². The Labute approximate surface area is 114 Å². The molecule has 0 radical (unpaired) electrons. The minimum Gasteiger partial charge on any atom is -0.392 e. The van der Waals surface area contributed by atoms with Gasteiger partial charge in [0, 0.05) is 25.0 Å². The van der Waals surface area contributed by atoms with Crippen molar-refractivity contribution in [3.05, 3.63) is 59.4 Å². The zero-order valence-corrected chi connectivity index (χ0v) is 11.4. The van der Waals surface area contributed by atoms with Gasteiger partial charge in [-0.05, 0) is 29.2 Å². The molecule has 3 heteroatoms. The lowest BCUT2D eigenvalue weighted by Crippen LogP contribution is -2.08. The summed E-state index contributed by atoms with van der Waals surface area (Å²) in [4.78, 5) is 0. The first-order valence-corrected chi connectivity index (χ1v) is 6.83. The predicted molar refractivity (Wildman–Crippen MR) is 77.7 cm³/mol. The molecule has 0 aliphatic heterocycles. The van der Waals surface area contributed by atoms with E-state index >= 15 is 0 Å². The number of aromatic nitrogens is 1. The van der Waals surface area contributed by atoms with Gasteiger partial charge in [0.05, 0.1) is 6.61 Å². The quantitative estimate of drug-likeness (QED) is 0.837. The minimum atomic E-state index is 0.0970. The van der Waals surface area contributed by atoms with Crippen LogP contribution >= 0.6 is 0 Å². The van der Waals surface area contributed by atoms with Gasteiger partial charge in [-0.25, -0.2) is 0 Å². The van der Waals surface area contributed by atoms with Gasteiger partial charge in [-0.2, -0.15) is 0 Å². The van der Waals surface area contributed by atoms with Crippen LogP contribution in [0.2, 0.25) is 0 Å². The molecule has 1 atom stereocenters. The molecule has 2 aromatic rings. The zero-order valence-electron chi connectivity index (χ0n) is 11.4. The summed E-state index contributed by atoms with van der Waals surface area (Å²) in [5.74, 6) is 0. The van der Waals surface area contributed by atoms with Crippen LogP contribution in [0.3, 0.4) is 0 Å². The van der Waals surface area contributed by atoms with E-state index in [9.17, 15) is 0 Å². The van der Waals surface area contributed by atoms with E-state index in [1.807, 2.05) is 12.1 Å². The fourth-order valence-electron chi connectivity index (χ4n) is 2.22. The molecule has 0 saturated carbocycles. The van der Waals surface area contributed by atoms with Crippen molar-refractivity contribution < 1.29 is 5.11 Å². The smallest absolute Gasteiger partial charge is 0.0681 e. The van der Waals surface area contributed by atoms with Gasteiger partial charge in [0.1, 0.15) is 0 Å². The Bertz CT molecular complexity index is 502. The van der Waals surface area contributed by atoms with Crippen LogP contribution in [0.15, 0.2) is 42.7 Å². The summed E-state index contributed by atoms with van der Waals surface area (Å²) in [6, 6.07) is 10.3. The normalized spacial score (nSPS) is 12.6. The number of hydrogen-bond donors (Lipinski definition) is 2. The highest BCUT2D eigenvalue weighted by atomic mass is 16.3. The Morgan fingerprint density at radius 3 is 2.47 bits per heavy atom. The number of nitrogens with two attached hydrogens (primary N) is 1. The van der Waals surface area contributed by atoms with Crippen LogP contribution in [0.25, 0.3) is 0 Å². The summed E-state index contributed by atoms with van der Waals surface area (Å²) in [5, 5.41) is 9.01. The maximum Gasteiger partial charge on any atom is 0.0681 e. The molecule has 0 saturated heterocycles. The average Bonchev–Trinajstić information content (AvgIpc) is 2.88. The fourth-order valence-corrected chi connectivity index (χ4v) is 2.22. The van der Waals surface area contributed by atoms with Crippen molar-refractivity contribution in [3.8, 4) is 0 Å². The molecule has 1 aromatic carbocycles. The summed E-state index contributed by atoms with van der Waals surface area (Å²) < 4.78 is 2.15. The number of benzene rings is 1. The van der Waals surface area contributed by atoms with Crippen molar-refractivity contribution in [2.75, 3.05) is 0 Å². The van der Waals surface area contributed by atoms with Crippen molar-refractivity contribution in [2.45, 2.75) is 39.0 Å². The molecule has 0 aliphatic carbocycles. The Balaban J connectivity index is 2.02. The van der Waals surface area contributed by atoms with Gasteiger partial charge in [0.25, 0.3) is 0 Å². The van der Waals surface area contributed by atoms with Crippen molar-refractivity contribution >= 4 is 0 Å². The molecule has 102 valence electrons. The van der Waals surface area contributed by atoms with Gasteiger partial charge in [0.15, 0.2) is 0 Å². The molecule has 19 heavy (non-hydrogen) atoms. The molecule has 3 N–H and O–H groups in total. The second-order valence-corrected chi connectivity index (χ2v) is 4.99. The van der Waals surface area contributed by atoms with Crippen LogP contribution in [0.1, 0.15) is 42.5 Å². The van der Waals surface area contributed by atoms with Gasteiger partial charge >= 0.3 is 0 Å². The Morgan fingerprint density at radius 1 is 1.16 bits per heavy atom. The third-order valence-corrected chi connectivity index (χ3v) is 3.37. The van der Waals surface area contributed by atoms with E-state index in [0.717, 1.165) is 24.9 Å². The maximum atomic E-state index is 9.01. The van der Waals surface area contributed by atoms with E-state index in [1.165, 1.54) is 11.1 Å². The second kappa shape index (κ2) is 6.55. The Kier molecular flexibility index (Phi) is 4.77. The molecule has 0 bridgehead atoms. The number of hydrogen-bond acceptors (Lipinski definition) is 2. The average molecular weight is 258 g/mol. The number of aliphatic hydroxyl groups excluding tert-OH is 1. The SMILES string of the molecule is CCCC(N)c1ccn(Cc2ccc(CO)cc2)c1. The van der Waals surface area contributed by atoms with Gasteiger partial charge in [0.2, 0.25) is 0 Å². The standard InChI is InChI=1S/C16H22N2O/c1-2-3-16(17)15-8-9-18(11-15)10-13-4-6-14(12-19)7-5-13/h4-9,11,16,19H,2-3,10,12,17H2,1H3. The predicted octanol–water partition coefficient (Wildman–Crippen LogP) is 2.83. The highest BCUT2D eigenvalue weighted by Gasteiger charge is 2.06. The molecule has 3 nitrogen and oxygen atoms in total. The number of aliphatic hydroxyl groups is 1. The van der Waals surface area contributed by atoms with E-state index in [4.69, 9.17) is 10.8 Å². The maximum absolute atomic E-state index is 9.01. The van der Waals surface area contributed by atoms with Crippen LogP contribution < -0.4 is 5.73 Å². The molecule has 0 fully saturated rings. The number of rotatable bonds is 6. The first-order chi connectivity index (χ1) is 9.22. The first kappa shape index (κ1) is 13.8. The molecule has 1 aromatic heterocycles. The van der Waals surface area contributed by atoms with E-state index in [1.54, 1.807) is 0 Å². The van der Waals surface area contributed by atoms with Gasteiger partial charge in [-0.3, -0.25) is 0 Å². The largest absolute Gasteiger partial charge is 0.392 e. The first-order valence-electron chi connectivity index (χ1n) is 6.83. The summed E-state index contributed by atoms with van der Waals surface area (Å²) >= 11 is 0. The molecule has 2 rings (SSSR count). The molecule has 1 unspecified atom stereocenters. The van der Waals surface area contributed by atoms with E-state index < -0.39 is 0 Å². The topological polar surface area (TPSA) is 51.2 Å². The van der Waals surface area contributed by atoms with Crippen LogP contribution in [-0.2, 0) is 13.2 Å². The van der Waals surface area contributed by atoms with Crippen molar-refractivity contribution in [2.24, 2.45) is 5.73 Å². The Hall–Kier alpha value is -1.58. The van der Waals surface area contributed by atoms with E-state index in [0.29, 0.717) is 0 Å². The zero-order chi connectivity index (χ0) is 13.7. The van der Waals surface area contributed by atoms with Crippen LogP contribution in [0.5, 0.6) is 0 Å². The molecular weight excluding hydrogens is 236 g/mol. The molecule has 0 aliphatic rings. The summed E-state index contributed by atoms with van der Waals surface area (Å²) in [6.45, 7) is 3.09. The summed E-state index contributed by atoms with van der Waals surface area (Å²) in [7, 11) is 0. The highest BCUT2D eigenvalue weighted by molar-refractivity contribution is 5.23. The summed E-state index contributed by atoms with van der Waals surface area (Å²) in [5.41, 5.74) is 9.48. The third kappa shape index (κ3) is 3.69. The molecular formula is C16H22N2O.